The minimum absolute atomic E-state index is 0.0152. The Morgan fingerprint density at radius 3 is 2.89 bits per heavy atom. The average Bonchev–Trinajstić information content (AvgIpc) is 2.71. The van der Waals surface area contributed by atoms with Gasteiger partial charge in [0.15, 0.2) is 5.67 Å². The molecule has 4 nitrogen and oxygen atoms in total. The van der Waals surface area contributed by atoms with Gasteiger partial charge in [-0.25, -0.2) is 4.39 Å². The van der Waals surface area contributed by atoms with Crippen LogP contribution >= 0.6 is 0 Å². The molecule has 0 radical (unpaired) electrons. The number of carbonyl (C=O) groups is 1. The van der Waals surface area contributed by atoms with Crippen molar-refractivity contribution in [2.75, 3.05) is 13.2 Å². The molecule has 0 amide bonds. The first-order chi connectivity index (χ1) is 9.07. The van der Waals surface area contributed by atoms with Gasteiger partial charge in [-0.2, -0.15) is 0 Å². The van der Waals surface area contributed by atoms with Crippen molar-refractivity contribution in [3.05, 3.63) is 35.9 Å². The van der Waals surface area contributed by atoms with E-state index in [1.165, 1.54) is 6.92 Å². The van der Waals surface area contributed by atoms with Gasteiger partial charge in [0.1, 0.15) is 0 Å². The molecule has 0 bridgehead atoms. The molecule has 0 aromatic heterocycles. The van der Waals surface area contributed by atoms with E-state index in [-0.39, 0.29) is 19.6 Å². The van der Waals surface area contributed by atoms with Crippen LogP contribution in [0.2, 0.25) is 0 Å². The van der Waals surface area contributed by atoms with Gasteiger partial charge >= 0.3 is 5.97 Å². The van der Waals surface area contributed by atoms with Crippen molar-refractivity contribution in [1.29, 1.82) is 0 Å². The van der Waals surface area contributed by atoms with E-state index >= 15 is 0 Å². The van der Waals surface area contributed by atoms with Crippen molar-refractivity contribution < 1.29 is 23.4 Å². The maximum Gasteiger partial charge on any atom is 0.304 e. The molecule has 104 valence electrons. The number of hydrogen-bond donors (Lipinski definition) is 0. The van der Waals surface area contributed by atoms with Gasteiger partial charge in [0.2, 0.25) is 6.29 Å². The lowest BCUT2D eigenvalue weighted by atomic mass is 10.1. The molecule has 0 spiro atoms. The van der Waals surface area contributed by atoms with Gasteiger partial charge in [0.25, 0.3) is 0 Å². The topological polar surface area (TPSA) is 44.8 Å². The van der Waals surface area contributed by atoms with E-state index in [1.54, 1.807) is 0 Å². The summed E-state index contributed by atoms with van der Waals surface area (Å²) in [5, 5.41) is 0. The molecule has 19 heavy (non-hydrogen) atoms. The Balaban J connectivity index is 1.75. The van der Waals surface area contributed by atoms with Crippen molar-refractivity contribution in [3.8, 4) is 0 Å². The van der Waals surface area contributed by atoms with Crippen LogP contribution in [-0.4, -0.2) is 31.1 Å². The quantitative estimate of drug-likeness (QED) is 0.768. The van der Waals surface area contributed by atoms with Crippen LogP contribution in [0.15, 0.2) is 30.3 Å². The lowest BCUT2D eigenvalue weighted by Gasteiger charge is -2.17. The Bertz CT molecular complexity index is 423. The highest BCUT2D eigenvalue weighted by Crippen LogP contribution is 2.29. The van der Waals surface area contributed by atoms with Crippen LogP contribution in [0, 0.1) is 0 Å². The van der Waals surface area contributed by atoms with Gasteiger partial charge in [0, 0.05) is 13.3 Å². The third-order valence-corrected chi connectivity index (χ3v) is 2.83. The molecule has 1 aromatic rings. The average molecular weight is 268 g/mol. The fourth-order valence-corrected chi connectivity index (χ4v) is 1.95. The summed E-state index contributed by atoms with van der Waals surface area (Å²) in [5.41, 5.74) is -0.601. The van der Waals surface area contributed by atoms with Crippen molar-refractivity contribution in [3.63, 3.8) is 0 Å². The van der Waals surface area contributed by atoms with Crippen molar-refractivity contribution >= 4 is 5.97 Å². The SMILES string of the molecule is CC(=O)OC1C[C@](F)(COCc2ccccc2)CO1. The fourth-order valence-electron chi connectivity index (χ4n) is 1.95. The minimum Gasteiger partial charge on any atom is -0.436 e. The maximum absolute atomic E-state index is 14.3. The van der Waals surface area contributed by atoms with Crippen LogP contribution in [0.4, 0.5) is 4.39 Å². The number of alkyl halides is 1. The minimum atomic E-state index is -1.59. The van der Waals surface area contributed by atoms with E-state index < -0.39 is 17.9 Å². The van der Waals surface area contributed by atoms with E-state index in [1.807, 2.05) is 30.3 Å². The molecule has 1 aliphatic heterocycles. The second-order valence-corrected chi connectivity index (χ2v) is 4.68. The molecule has 0 N–H and O–H groups in total. The zero-order valence-electron chi connectivity index (χ0n) is 10.8. The van der Waals surface area contributed by atoms with Gasteiger partial charge in [-0.05, 0) is 5.56 Å². The largest absolute Gasteiger partial charge is 0.436 e. The molecule has 1 saturated heterocycles. The Kier molecular flexibility index (Phi) is 4.50. The molecule has 1 fully saturated rings. The van der Waals surface area contributed by atoms with Crippen molar-refractivity contribution in [1.82, 2.24) is 0 Å². The Morgan fingerprint density at radius 2 is 2.21 bits per heavy atom. The first kappa shape index (κ1) is 14.0. The first-order valence-electron chi connectivity index (χ1n) is 6.17. The number of ether oxygens (including phenoxy) is 3. The Labute approximate surface area is 111 Å². The molecule has 1 aromatic carbocycles. The highest BCUT2D eigenvalue weighted by molar-refractivity contribution is 5.66. The number of esters is 1. The molecule has 2 atom stereocenters. The third kappa shape index (κ3) is 4.29. The smallest absolute Gasteiger partial charge is 0.304 e. The third-order valence-electron chi connectivity index (χ3n) is 2.83. The van der Waals surface area contributed by atoms with Gasteiger partial charge in [-0.3, -0.25) is 4.79 Å². The van der Waals surface area contributed by atoms with E-state index in [9.17, 15) is 9.18 Å². The zero-order chi connectivity index (χ0) is 13.7. The second kappa shape index (κ2) is 6.12. The van der Waals surface area contributed by atoms with Crippen molar-refractivity contribution in [2.24, 2.45) is 0 Å². The highest BCUT2D eigenvalue weighted by atomic mass is 19.1. The molecule has 1 aliphatic rings. The first-order valence-corrected chi connectivity index (χ1v) is 6.17. The van der Waals surface area contributed by atoms with Crippen LogP contribution in [-0.2, 0) is 25.6 Å². The molecule has 0 saturated carbocycles. The molecule has 0 aliphatic carbocycles. The summed E-state index contributed by atoms with van der Waals surface area (Å²) in [6.45, 7) is 1.44. The van der Waals surface area contributed by atoms with E-state index in [0.717, 1.165) is 5.56 Å². The Morgan fingerprint density at radius 1 is 1.47 bits per heavy atom. The number of benzene rings is 1. The molecule has 2 rings (SSSR count). The normalized spacial score (nSPS) is 26.3. The molecule has 1 unspecified atom stereocenters. The predicted octanol–water partition coefficient (Wildman–Crippen LogP) is 2.22. The highest BCUT2D eigenvalue weighted by Gasteiger charge is 2.42. The van der Waals surface area contributed by atoms with E-state index in [0.29, 0.717) is 6.61 Å². The monoisotopic (exact) mass is 268 g/mol. The van der Waals surface area contributed by atoms with Crippen LogP contribution in [0.5, 0.6) is 0 Å². The fraction of sp³-hybridized carbons (Fsp3) is 0.500. The number of halogens is 1. The molecule has 5 heteroatoms. The van der Waals surface area contributed by atoms with Gasteiger partial charge < -0.3 is 14.2 Å². The lowest BCUT2D eigenvalue weighted by molar-refractivity contribution is -0.166. The molecular formula is C14H17FO4. The zero-order valence-corrected chi connectivity index (χ0v) is 10.8. The van der Waals surface area contributed by atoms with E-state index in [4.69, 9.17) is 14.2 Å². The standard InChI is InChI=1S/C14H17FO4/c1-11(16)19-13-7-14(15,10-18-13)9-17-8-12-5-3-2-4-6-12/h2-6,13H,7-10H2,1H3/t13?,14-/m0/s1. The Hall–Kier alpha value is -1.46. The van der Waals surface area contributed by atoms with Crippen LogP contribution in [0.25, 0.3) is 0 Å². The predicted molar refractivity (Wildman–Crippen MR) is 66.1 cm³/mol. The summed E-state index contributed by atoms with van der Waals surface area (Å²) in [7, 11) is 0. The summed E-state index contributed by atoms with van der Waals surface area (Å²) in [6, 6.07) is 9.54. The van der Waals surface area contributed by atoms with Crippen LogP contribution in [0.3, 0.4) is 0 Å². The van der Waals surface area contributed by atoms with Crippen LogP contribution < -0.4 is 0 Å². The number of carbonyl (C=O) groups excluding carboxylic acids is 1. The lowest BCUT2D eigenvalue weighted by Crippen LogP contribution is -2.30. The number of rotatable bonds is 5. The summed E-state index contributed by atoms with van der Waals surface area (Å²) in [6.07, 6.45) is -0.788. The summed E-state index contributed by atoms with van der Waals surface area (Å²) < 4.78 is 29.5. The second-order valence-electron chi connectivity index (χ2n) is 4.68. The summed E-state index contributed by atoms with van der Waals surface area (Å²) in [5.74, 6) is -0.473. The van der Waals surface area contributed by atoms with E-state index in [2.05, 4.69) is 0 Å². The van der Waals surface area contributed by atoms with Crippen LogP contribution in [0.1, 0.15) is 18.9 Å². The van der Waals surface area contributed by atoms with Gasteiger partial charge in [-0.15, -0.1) is 0 Å². The van der Waals surface area contributed by atoms with Gasteiger partial charge in [0.05, 0.1) is 19.8 Å². The van der Waals surface area contributed by atoms with Gasteiger partial charge in [-0.1, -0.05) is 30.3 Å². The molecular weight excluding hydrogens is 251 g/mol. The molecule has 1 heterocycles. The van der Waals surface area contributed by atoms with Crippen molar-refractivity contribution in [2.45, 2.75) is 31.9 Å². The number of hydrogen-bond acceptors (Lipinski definition) is 4. The maximum atomic E-state index is 14.3. The summed E-state index contributed by atoms with van der Waals surface area (Å²) in [4.78, 5) is 10.8. The summed E-state index contributed by atoms with van der Waals surface area (Å²) >= 11 is 0.